The number of nitrogens with zero attached hydrogens (tertiary/aromatic N) is 2. The first-order chi connectivity index (χ1) is 14.8. The highest BCUT2D eigenvalue weighted by Crippen LogP contribution is 2.29. The average molecular weight is 442 g/mol. The van der Waals surface area contributed by atoms with Gasteiger partial charge in [-0.25, -0.2) is 8.42 Å². The minimum atomic E-state index is -3.76. The van der Waals surface area contributed by atoms with Crippen molar-refractivity contribution in [1.82, 2.24) is 14.8 Å². The lowest BCUT2D eigenvalue weighted by atomic mass is 9.96. The highest BCUT2D eigenvalue weighted by Gasteiger charge is 2.36. The van der Waals surface area contributed by atoms with Crippen LogP contribution in [0.2, 0.25) is 0 Å². The van der Waals surface area contributed by atoms with Crippen LogP contribution in [0.15, 0.2) is 51.9 Å². The second-order valence-electron chi connectivity index (χ2n) is 8.15. The SMILES string of the molecule is Cc1noc(C)c1S(=O)(=O)N1CCC[C@@H](C(=O)N[C@@H](C)c2cccc3ccccc23)C1. The number of amides is 1. The molecule has 0 spiro atoms. The lowest BCUT2D eigenvalue weighted by molar-refractivity contribution is -0.126. The van der Waals surface area contributed by atoms with E-state index in [0.29, 0.717) is 25.1 Å². The van der Waals surface area contributed by atoms with Crippen molar-refractivity contribution in [2.24, 2.45) is 5.92 Å². The van der Waals surface area contributed by atoms with Crippen LogP contribution in [0.4, 0.5) is 0 Å². The summed E-state index contributed by atoms with van der Waals surface area (Å²) in [7, 11) is -3.76. The van der Waals surface area contributed by atoms with Crippen LogP contribution in [0.3, 0.4) is 0 Å². The van der Waals surface area contributed by atoms with Crippen LogP contribution in [0.5, 0.6) is 0 Å². The number of aryl methyl sites for hydroxylation is 2. The van der Waals surface area contributed by atoms with Gasteiger partial charge in [-0.2, -0.15) is 4.31 Å². The van der Waals surface area contributed by atoms with Crippen LogP contribution in [0, 0.1) is 19.8 Å². The molecule has 0 radical (unpaired) electrons. The average Bonchev–Trinajstić information content (AvgIpc) is 3.12. The molecule has 1 saturated heterocycles. The third kappa shape index (κ3) is 4.09. The van der Waals surface area contributed by atoms with E-state index in [1.54, 1.807) is 13.8 Å². The molecule has 8 heteroatoms. The van der Waals surface area contributed by atoms with Crippen LogP contribution in [-0.2, 0) is 14.8 Å². The Morgan fingerprint density at radius 2 is 1.94 bits per heavy atom. The number of carbonyl (C=O) groups is 1. The summed E-state index contributed by atoms with van der Waals surface area (Å²) < 4.78 is 32.7. The van der Waals surface area contributed by atoms with E-state index >= 15 is 0 Å². The maximum atomic E-state index is 13.1. The van der Waals surface area contributed by atoms with E-state index in [9.17, 15) is 13.2 Å². The quantitative estimate of drug-likeness (QED) is 0.651. The zero-order chi connectivity index (χ0) is 22.2. The number of hydrogen-bond donors (Lipinski definition) is 1. The number of hydrogen-bond acceptors (Lipinski definition) is 5. The van der Waals surface area contributed by atoms with Gasteiger partial charge in [-0.15, -0.1) is 0 Å². The normalized spacial score (nSPS) is 18.7. The highest BCUT2D eigenvalue weighted by atomic mass is 32.2. The van der Waals surface area contributed by atoms with Crippen molar-refractivity contribution in [1.29, 1.82) is 0 Å². The number of rotatable bonds is 5. The van der Waals surface area contributed by atoms with Crippen molar-refractivity contribution >= 4 is 26.7 Å². The lowest BCUT2D eigenvalue weighted by Gasteiger charge is -2.31. The molecule has 7 nitrogen and oxygen atoms in total. The number of piperidine rings is 1. The highest BCUT2D eigenvalue weighted by molar-refractivity contribution is 7.89. The molecule has 0 saturated carbocycles. The van der Waals surface area contributed by atoms with Crippen LogP contribution in [-0.4, -0.2) is 36.9 Å². The van der Waals surface area contributed by atoms with Gasteiger partial charge in [0.05, 0.1) is 12.0 Å². The third-order valence-corrected chi connectivity index (χ3v) is 8.08. The van der Waals surface area contributed by atoms with Gasteiger partial charge < -0.3 is 9.84 Å². The first kappa shape index (κ1) is 21.5. The monoisotopic (exact) mass is 441 g/mol. The van der Waals surface area contributed by atoms with E-state index in [4.69, 9.17) is 4.52 Å². The van der Waals surface area contributed by atoms with E-state index in [1.807, 2.05) is 49.4 Å². The van der Waals surface area contributed by atoms with Gasteiger partial charge in [0.1, 0.15) is 10.6 Å². The summed E-state index contributed by atoms with van der Waals surface area (Å²) in [6.07, 6.45) is 1.28. The minimum Gasteiger partial charge on any atom is -0.360 e. The summed E-state index contributed by atoms with van der Waals surface area (Å²) in [6, 6.07) is 13.9. The molecular formula is C23H27N3O4S. The smallest absolute Gasteiger partial charge is 0.248 e. The number of carbonyl (C=O) groups excluding carboxylic acids is 1. The Balaban J connectivity index is 1.50. The zero-order valence-corrected chi connectivity index (χ0v) is 18.8. The van der Waals surface area contributed by atoms with E-state index in [1.165, 1.54) is 4.31 Å². The molecule has 1 aromatic heterocycles. The van der Waals surface area contributed by atoms with E-state index in [-0.39, 0.29) is 29.1 Å². The Labute approximate surface area is 182 Å². The summed E-state index contributed by atoms with van der Waals surface area (Å²) in [5, 5.41) is 9.09. The number of nitrogens with one attached hydrogen (secondary N) is 1. The standard InChI is InChI=1S/C23H27N3O4S/c1-15(20-12-6-9-18-8-4-5-11-21(18)20)24-23(27)19-10-7-13-26(14-19)31(28,29)22-16(2)25-30-17(22)3/h4-6,8-9,11-12,15,19H,7,10,13-14H2,1-3H3,(H,24,27)/t15-,19+/m0/s1. The van der Waals surface area contributed by atoms with Gasteiger partial charge in [0.2, 0.25) is 15.9 Å². The summed E-state index contributed by atoms with van der Waals surface area (Å²) in [5.41, 5.74) is 1.39. The maximum absolute atomic E-state index is 13.1. The van der Waals surface area contributed by atoms with Gasteiger partial charge >= 0.3 is 0 Å². The Bertz CT molecular complexity index is 1190. The van der Waals surface area contributed by atoms with E-state index in [2.05, 4.69) is 10.5 Å². The Morgan fingerprint density at radius 3 is 2.68 bits per heavy atom. The first-order valence-electron chi connectivity index (χ1n) is 10.5. The lowest BCUT2D eigenvalue weighted by Crippen LogP contribution is -2.46. The largest absolute Gasteiger partial charge is 0.360 e. The van der Waals surface area contributed by atoms with Crippen LogP contribution < -0.4 is 5.32 Å². The summed E-state index contributed by atoms with van der Waals surface area (Å²) in [5.74, 6) is -0.255. The second-order valence-corrected chi connectivity index (χ2v) is 10.0. The molecule has 2 heterocycles. The fraction of sp³-hybridized carbons (Fsp3) is 0.391. The van der Waals surface area contributed by atoms with Crippen LogP contribution in [0.1, 0.15) is 42.8 Å². The number of fused-ring (bicyclic) bond motifs is 1. The molecule has 4 rings (SSSR count). The van der Waals surface area contributed by atoms with Crippen molar-refractivity contribution < 1.29 is 17.7 Å². The molecule has 2 aromatic carbocycles. The molecule has 164 valence electrons. The third-order valence-electron chi connectivity index (χ3n) is 5.97. The van der Waals surface area contributed by atoms with Crippen molar-refractivity contribution in [2.75, 3.05) is 13.1 Å². The van der Waals surface area contributed by atoms with Gasteiger partial charge in [-0.3, -0.25) is 4.79 Å². The summed E-state index contributed by atoms with van der Waals surface area (Å²) in [4.78, 5) is 13.2. The van der Waals surface area contributed by atoms with Crippen molar-refractivity contribution in [3.63, 3.8) is 0 Å². The molecule has 0 aliphatic carbocycles. The molecule has 2 atom stereocenters. The molecule has 1 aliphatic heterocycles. The first-order valence-corrected chi connectivity index (χ1v) is 11.9. The maximum Gasteiger partial charge on any atom is 0.248 e. The minimum absolute atomic E-state index is 0.109. The summed E-state index contributed by atoms with van der Waals surface area (Å²) in [6.45, 7) is 5.70. The predicted octanol–water partition coefficient (Wildman–Crippen LogP) is 3.72. The van der Waals surface area contributed by atoms with Gasteiger partial charge in [0.25, 0.3) is 0 Å². The molecule has 3 aromatic rings. The second kappa shape index (κ2) is 8.43. The predicted molar refractivity (Wildman–Crippen MR) is 118 cm³/mol. The number of sulfonamides is 1. The Morgan fingerprint density at radius 1 is 1.19 bits per heavy atom. The van der Waals surface area contributed by atoms with Crippen molar-refractivity contribution in [2.45, 2.75) is 44.6 Å². The Kier molecular flexibility index (Phi) is 5.85. The van der Waals surface area contributed by atoms with Gasteiger partial charge in [-0.1, -0.05) is 47.6 Å². The van der Waals surface area contributed by atoms with Gasteiger partial charge in [0.15, 0.2) is 5.76 Å². The van der Waals surface area contributed by atoms with Crippen molar-refractivity contribution in [3.05, 3.63) is 59.5 Å². The molecule has 1 fully saturated rings. The van der Waals surface area contributed by atoms with E-state index in [0.717, 1.165) is 16.3 Å². The van der Waals surface area contributed by atoms with Gasteiger partial charge in [0, 0.05) is 13.1 Å². The van der Waals surface area contributed by atoms with E-state index < -0.39 is 15.9 Å². The van der Waals surface area contributed by atoms with Crippen LogP contribution >= 0.6 is 0 Å². The topological polar surface area (TPSA) is 92.5 Å². The molecule has 1 N–H and O–H groups in total. The van der Waals surface area contributed by atoms with Crippen molar-refractivity contribution in [3.8, 4) is 0 Å². The Hall–Kier alpha value is -2.71. The molecule has 0 unspecified atom stereocenters. The molecule has 1 aliphatic rings. The summed E-state index contributed by atoms with van der Waals surface area (Å²) >= 11 is 0. The van der Waals surface area contributed by atoms with Crippen LogP contribution in [0.25, 0.3) is 10.8 Å². The number of benzene rings is 2. The molecular weight excluding hydrogens is 414 g/mol. The fourth-order valence-corrected chi connectivity index (χ4v) is 6.20. The number of aromatic nitrogens is 1. The molecule has 31 heavy (non-hydrogen) atoms. The van der Waals surface area contributed by atoms with Gasteiger partial charge in [-0.05, 0) is 49.9 Å². The molecule has 0 bridgehead atoms. The fourth-order valence-electron chi connectivity index (χ4n) is 4.38. The molecule has 1 amide bonds. The zero-order valence-electron chi connectivity index (χ0n) is 18.0.